The monoisotopic (exact) mass is 1720 g/mol. The highest BCUT2D eigenvalue weighted by atomic mass is 79.9. The van der Waals surface area contributed by atoms with Gasteiger partial charge in [0.1, 0.15) is 0 Å². The van der Waals surface area contributed by atoms with Gasteiger partial charge >= 0.3 is 0 Å². The summed E-state index contributed by atoms with van der Waals surface area (Å²) in [6.45, 7) is 0. The van der Waals surface area contributed by atoms with E-state index in [9.17, 15) is 0 Å². The Labute approximate surface area is 715 Å². The Hall–Kier alpha value is -14.2. The first-order chi connectivity index (χ1) is 58.8. The molecule has 0 aliphatic carbocycles. The van der Waals surface area contributed by atoms with E-state index in [0.717, 1.165) is 126 Å². The summed E-state index contributed by atoms with van der Waals surface area (Å²) in [6.07, 6.45) is 0. The van der Waals surface area contributed by atoms with Crippen LogP contribution in [0.1, 0.15) is 0 Å². The molecule has 0 saturated heterocycles. The lowest BCUT2D eigenvalue weighted by atomic mass is 10.1. The predicted molar refractivity (Wildman–Crippen MR) is 514 cm³/mol. The largest absolute Gasteiger partial charge is 0.356 e. The van der Waals surface area contributed by atoms with Crippen LogP contribution in [0.5, 0.6) is 0 Å². The number of hydrogen-bond acceptors (Lipinski definition) is 4. The SMILES string of the molecule is Brc1cc(Br)cc(Br)c1.c1ccc(N(c2cc(N(c3ccccc3)c3ccc4c(c3)c3ccccc3n4-c3ccccc3)cc(N(c3ccccc3)c3ccc4c(c3)c3ccccc3n4-c3ccccc3)c2)c2ccc3c(c2)c2ccccc2n3-c2ccccc2)cc1.c1ccc(Nc2ccc3c(c2)c2ccccc2n3-c2ccccc2)cc1. The molecule has 4 heterocycles. The van der Waals surface area contributed by atoms with Crippen LogP contribution in [0.3, 0.4) is 0 Å². The topological polar surface area (TPSA) is 41.5 Å². The number of anilines is 11. The average Bonchev–Trinajstić information content (AvgIpc) is 1.60. The summed E-state index contributed by atoms with van der Waals surface area (Å²) in [7, 11) is 0. The number of nitrogens with one attached hydrogen (secondary N) is 1. The van der Waals surface area contributed by atoms with E-state index in [1.165, 1.54) is 59.8 Å². The Morgan fingerprint density at radius 2 is 0.387 bits per heavy atom. The normalized spacial score (nSPS) is 11.3. The molecular weight excluding hydrogens is 1650 g/mol. The zero-order chi connectivity index (χ0) is 79.7. The summed E-state index contributed by atoms with van der Waals surface area (Å²) in [4.78, 5) is 7.29. The van der Waals surface area contributed by atoms with Gasteiger partial charge in [-0.3, -0.25) is 0 Å². The highest BCUT2D eigenvalue weighted by molar-refractivity contribution is 9.11. The van der Waals surface area contributed by atoms with Gasteiger partial charge in [-0.05, 0) is 231 Å². The summed E-state index contributed by atoms with van der Waals surface area (Å²) >= 11 is 10.1. The van der Waals surface area contributed by atoms with Crippen LogP contribution in [-0.4, -0.2) is 18.3 Å². The Morgan fingerprint density at radius 1 is 0.160 bits per heavy atom. The molecule has 22 aromatic rings. The lowest BCUT2D eigenvalue weighted by Crippen LogP contribution is -2.16. The van der Waals surface area contributed by atoms with Gasteiger partial charge in [-0.15, -0.1) is 0 Å². The van der Waals surface area contributed by atoms with Gasteiger partial charge in [0.15, 0.2) is 0 Å². The second kappa shape index (κ2) is 32.5. The quantitative estimate of drug-likeness (QED) is 0.111. The Bertz CT molecular complexity index is 6850. The number of benzene rings is 18. The first-order valence-electron chi connectivity index (χ1n) is 39.8. The highest BCUT2D eigenvalue weighted by Gasteiger charge is 2.26. The van der Waals surface area contributed by atoms with Crippen LogP contribution in [0.25, 0.3) is 110 Å². The van der Waals surface area contributed by atoms with Gasteiger partial charge < -0.3 is 38.3 Å². The molecule has 0 aliphatic rings. The molecule has 0 amide bonds. The average molecular weight is 1720 g/mol. The third-order valence-corrected chi connectivity index (χ3v) is 23.4. The molecule has 0 atom stereocenters. The highest BCUT2D eigenvalue weighted by Crippen LogP contribution is 2.50. The maximum Gasteiger partial charge on any atom is 0.0542 e. The van der Waals surface area contributed by atoms with Crippen LogP contribution >= 0.6 is 47.8 Å². The molecule has 0 radical (unpaired) electrons. The smallest absolute Gasteiger partial charge is 0.0542 e. The Morgan fingerprint density at radius 3 is 0.672 bits per heavy atom. The minimum Gasteiger partial charge on any atom is -0.356 e. The molecule has 22 rings (SSSR count). The van der Waals surface area contributed by atoms with E-state index in [0.29, 0.717) is 0 Å². The standard InChI is InChI=1S/C78H54N6.C24H18N2.C6H3Br3/c1-7-25-55(26-8-1)79(61-43-46-76-70(52-61)67-37-19-22-40-73(67)82(76)58-31-13-4-14-32-58)64-49-65(80(56-27-9-2-10-28-56)62-44-47-77-71(53-62)68-38-20-23-41-74(68)83(77)59-33-15-5-16-34-59)51-66(50-64)81(57-29-11-3-12-30-57)63-45-48-78-72(54-63)69-39-21-24-42-75(69)84(78)60-35-17-6-18-36-60;1-3-9-18(10-4-1)25-19-15-16-24-22(17-19)21-13-7-8-14-23(21)26(24)20-11-5-2-6-12-20;7-4-1-5(8)3-6(9)2-4/h1-54H;1-17,25H;1-3H. The van der Waals surface area contributed by atoms with Crippen molar-refractivity contribution in [1.82, 2.24) is 18.3 Å². The van der Waals surface area contributed by atoms with E-state index in [1.807, 2.05) is 36.4 Å². The van der Waals surface area contributed by atoms with Crippen LogP contribution < -0.4 is 20.0 Å². The van der Waals surface area contributed by atoms with Gasteiger partial charge in [0.2, 0.25) is 0 Å². The second-order valence-electron chi connectivity index (χ2n) is 29.4. The van der Waals surface area contributed by atoms with Crippen molar-refractivity contribution in [3.8, 4) is 22.7 Å². The summed E-state index contributed by atoms with van der Waals surface area (Å²) in [6, 6.07) is 161. The molecule has 119 heavy (non-hydrogen) atoms. The van der Waals surface area contributed by atoms with Crippen molar-refractivity contribution in [2.24, 2.45) is 0 Å². The fourth-order valence-electron chi connectivity index (χ4n) is 17.0. The van der Waals surface area contributed by atoms with E-state index in [4.69, 9.17) is 0 Å². The first-order valence-corrected chi connectivity index (χ1v) is 42.2. The van der Waals surface area contributed by atoms with Gasteiger partial charge in [0.05, 0.1) is 61.2 Å². The summed E-state index contributed by atoms with van der Waals surface area (Å²) in [5, 5.41) is 13.1. The van der Waals surface area contributed by atoms with Crippen LogP contribution in [0.4, 0.5) is 62.6 Å². The Balaban J connectivity index is 0.000000212. The third-order valence-electron chi connectivity index (χ3n) is 22.1. The van der Waals surface area contributed by atoms with E-state index in [-0.39, 0.29) is 0 Å². The van der Waals surface area contributed by atoms with Crippen LogP contribution in [0.2, 0.25) is 0 Å². The van der Waals surface area contributed by atoms with Crippen molar-refractivity contribution in [3.63, 3.8) is 0 Å². The summed E-state index contributed by atoms with van der Waals surface area (Å²) in [5.74, 6) is 0. The van der Waals surface area contributed by atoms with Crippen molar-refractivity contribution < 1.29 is 0 Å². The van der Waals surface area contributed by atoms with Crippen molar-refractivity contribution >= 4 is 198 Å². The predicted octanol–water partition coefficient (Wildman–Crippen LogP) is 31.9. The van der Waals surface area contributed by atoms with Gasteiger partial charge in [0, 0.05) is 125 Å². The lowest BCUT2D eigenvalue weighted by molar-refractivity contribution is 1.18. The number of nitrogens with zero attached hydrogens (tertiary/aromatic N) is 7. The van der Waals surface area contributed by atoms with Gasteiger partial charge in [-0.1, -0.05) is 266 Å². The summed E-state index contributed by atoms with van der Waals surface area (Å²) < 4.78 is 12.7. The van der Waals surface area contributed by atoms with Gasteiger partial charge in [0.25, 0.3) is 0 Å². The molecule has 568 valence electrons. The van der Waals surface area contributed by atoms with Crippen molar-refractivity contribution in [3.05, 3.63) is 462 Å². The summed E-state index contributed by atoms with van der Waals surface area (Å²) in [5.41, 5.74) is 25.3. The van der Waals surface area contributed by atoms with Crippen LogP contribution in [-0.2, 0) is 0 Å². The molecule has 8 nitrogen and oxygen atoms in total. The molecule has 11 heteroatoms. The molecule has 18 aromatic carbocycles. The van der Waals surface area contributed by atoms with E-state index in [1.54, 1.807) is 0 Å². The van der Waals surface area contributed by atoms with E-state index >= 15 is 0 Å². The first kappa shape index (κ1) is 73.7. The minimum atomic E-state index is 0.991. The number of fused-ring (bicyclic) bond motifs is 12. The van der Waals surface area contributed by atoms with E-state index in [2.05, 4.69) is 499 Å². The molecule has 0 saturated carbocycles. The van der Waals surface area contributed by atoms with Gasteiger partial charge in [-0.25, -0.2) is 0 Å². The molecule has 4 aromatic heterocycles. The minimum absolute atomic E-state index is 0.991. The van der Waals surface area contributed by atoms with Crippen molar-refractivity contribution in [1.29, 1.82) is 0 Å². The van der Waals surface area contributed by atoms with Crippen LogP contribution in [0, 0.1) is 0 Å². The maximum atomic E-state index is 3.50. The fraction of sp³-hybridized carbons (Fsp3) is 0. The number of hydrogen-bond donors (Lipinski definition) is 1. The van der Waals surface area contributed by atoms with E-state index < -0.39 is 0 Å². The molecular formula is C108H75Br3N8. The lowest BCUT2D eigenvalue weighted by Gasteiger charge is -2.33. The van der Waals surface area contributed by atoms with Crippen LogP contribution in [0.15, 0.2) is 462 Å². The molecule has 0 aliphatic heterocycles. The fourth-order valence-corrected chi connectivity index (χ4v) is 19.4. The Kier molecular flexibility index (Phi) is 20.1. The zero-order valence-corrected chi connectivity index (χ0v) is 69.2. The maximum absolute atomic E-state index is 3.50. The second-order valence-corrected chi connectivity index (χ2v) is 32.1. The zero-order valence-electron chi connectivity index (χ0n) is 64.5. The molecule has 0 bridgehead atoms. The number of aromatic nitrogens is 4. The molecule has 0 unspecified atom stereocenters. The number of halogens is 3. The molecule has 0 fully saturated rings. The van der Waals surface area contributed by atoms with Crippen molar-refractivity contribution in [2.75, 3.05) is 20.0 Å². The molecule has 1 N–H and O–H groups in total. The van der Waals surface area contributed by atoms with Gasteiger partial charge in [-0.2, -0.15) is 0 Å². The number of para-hydroxylation sites is 12. The molecule has 0 spiro atoms. The third kappa shape index (κ3) is 14.3. The number of rotatable bonds is 15. The van der Waals surface area contributed by atoms with Crippen molar-refractivity contribution in [2.45, 2.75) is 0 Å².